The number of anilines is 1. The van der Waals surface area contributed by atoms with Crippen LogP contribution in [0.2, 0.25) is 0 Å². The van der Waals surface area contributed by atoms with Gasteiger partial charge in [-0.25, -0.2) is 13.8 Å². The Hall–Kier alpha value is -3.29. The zero-order chi connectivity index (χ0) is 19.6. The number of nitrogens with one attached hydrogen (secondary N) is 1. The molecular weight excluding hydrogens is 362 g/mol. The van der Waals surface area contributed by atoms with Crippen molar-refractivity contribution < 1.29 is 22.4 Å². The predicted octanol–water partition coefficient (Wildman–Crippen LogP) is 4.79. The first-order valence-electron chi connectivity index (χ1n) is 7.82. The summed E-state index contributed by atoms with van der Waals surface area (Å²) in [5, 5.41) is 2.48. The van der Waals surface area contributed by atoms with Gasteiger partial charge in [0.05, 0.1) is 0 Å². The van der Waals surface area contributed by atoms with Crippen LogP contribution in [0.15, 0.2) is 54.9 Å². The van der Waals surface area contributed by atoms with Gasteiger partial charge in [0.2, 0.25) is 0 Å². The molecule has 27 heavy (non-hydrogen) atoms. The summed E-state index contributed by atoms with van der Waals surface area (Å²) in [4.78, 5) is 19.8. The monoisotopic (exact) mass is 375 g/mol. The van der Waals surface area contributed by atoms with Gasteiger partial charge in [-0.3, -0.25) is 9.78 Å². The second-order valence-corrected chi connectivity index (χ2v) is 5.77. The molecule has 0 unspecified atom stereocenters. The van der Waals surface area contributed by atoms with Gasteiger partial charge in [0.1, 0.15) is 5.69 Å². The highest BCUT2D eigenvalue weighted by molar-refractivity contribution is 6.05. The van der Waals surface area contributed by atoms with E-state index < -0.39 is 34.9 Å². The van der Waals surface area contributed by atoms with E-state index in [0.29, 0.717) is 18.1 Å². The minimum absolute atomic E-state index is 0.226. The Morgan fingerprint density at radius 2 is 1.70 bits per heavy atom. The van der Waals surface area contributed by atoms with Gasteiger partial charge in [-0.15, -0.1) is 0 Å². The number of alkyl halides is 2. The molecule has 0 fully saturated rings. The van der Waals surface area contributed by atoms with Crippen molar-refractivity contribution in [2.24, 2.45) is 0 Å². The summed E-state index contributed by atoms with van der Waals surface area (Å²) in [6.45, 7) is 0.614. The normalized spacial score (nSPS) is 11.3. The van der Waals surface area contributed by atoms with Crippen molar-refractivity contribution >= 4 is 11.6 Å². The predicted molar refractivity (Wildman–Crippen MR) is 91.3 cm³/mol. The van der Waals surface area contributed by atoms with E-state index in [1.165, 1.54) is 12.1 Å². The van der Waals surface area contributed by atoms with Crippen LogP contribution in [-0.4, -0.2) is 15.9 Å². The fourth-order valence-corrected chi connectivity index (χ4v) is 2.51. The summed E-state index contributed by atoms with van der Waals surface area (Å²) in [5.74, 6) is -6.31. The average molecular weight is 375 g/mol. The van der Waals surface area contributed by atoms with E-state index in [-0.39, 0.29) is 5.69 Å². The first-order chi connectivity index (χ1) is 12.8. The van der Waals surface area contributed by atoms with Crippen LogP contribution in [0.4, 0.5) is 23.2 Å². The van der Waals surface area contributed by atoms with Gasteiger partial charge in [-0.05, 0) is 23.8 Å². The molecule has 0 aliphatic carbocycles. The van der Waals surface area contributed by atoms with Gasteiger partial charge < -0.3 is 5.32 Å². The van der Waals surface area contributed by atoms with Crippen LogP contribution in [0.3, 0.4) is 0 Å². The van der Waals surface area contributed by atoms with E-state index in [1.807, 2.05) is 0 Å². The molecule has 138 valence electrons. The molecule has 4 nitrogen and oxygen atoms in total. The van der Waals surface area contributed by atoms with Crippen LogP contribution in [-0.2, 0) is 5.92 Å². The van der Waals surface area contributed by atoms with Crippen molar-refractivity contribution in [1.29, 1.82) is 0 Å². The Morgan fingerprint density at radius 3 is 2.41 bits per heavy atom. The number of aromatic nitrogens is 2. The van der Waals surface area contributed by atoms with Crippen LogP contribution in [0.5, 0.6) is 0 Å². The van der Waals surface area contributed by atoms with Crippen LogP contribution in [0, 0.1) is 11.6 Å². The third kappa shape index (κ3) is 3.94. The number of carbonyl (C=O) groups is 1. The van der Waals surface area contributed by atoms with E-state index in [1.54, 1.807) is 18.2 Å². The van der Waals surface area contributed by atoms with Crippen molar-refractivity contribution in [3.63, 3.8) is 0 Å². The summed E-state index contributed by atoms with van der Waals surface area (Å²) in [6, 6.07) is 9.61. The van der Waals surface area contributed by atoms with Gasteiger partial charge in [-0.2, -0.15) is 8.78 Å². The lowest BCUT2D eigenvalue weighted by Gasteiger charge is -2.15. The molecule has 0 atom stereocenters. The quantitative estimate of drug-likeness (QED) is 0.668. The SMILES string of the molecule is CC(F)(F)c1nccnc1C(=O)Nc1ccccc1-c1ccc(F)c(F)c1. The second-order valence-electron chi connectivity index (χ2n) is 5.77. The molecule has 0 aliphatic rings. The fourth-order valence-electron chi connectivity index (χ4n) is 2.51. The summed E-state index contributed by atoms with van der Waals surface area (Å²) < 4.78 is 54.1. The molecule has 1 amide bonds. The van der Waals surface area contributed by atoms with E-state index in [9.17, 15) is 22.4 Å². The van der Waals surface area contributed by atoms with Crippen LogP contribution in [0.25, 0.3) is 11.1 Å². The van der Waals surface area contributed by atoms with Crippen LogP contribution < -0.4 is 5.32 Å². The highest BCUT2D eigenvalue weighted by atomic mass is 19.3. The fraction of sp³-hybridized carbons (Fsp3) is 0.105. The van der Waals surface area contributed by atoms with Crippen molar-refractivity contribution in [1.82, 2.24) is 9.97 Å². The molecular formula is C19H13F4N3O. The van der Waals surface area contributed by atoms with Crippen molar-refractivity contribution in [2.45, 2.75) is 12.8 Å². The van der Waals surface area contributed by atoms with Crippen LogP contribution >= 0.6 is 0 Å². The summed E-state index contributed by atoms with van der Waals surface area (Å²) >= 11 is 0. The second kappa shape index (κ2) is 7.14. The minimum Gasteiger partial charge on any atom is -0.320 e. The minimum atomic E-state index is -3.36. The number of amides is 1. The van der Waals surface area contributed by atoms with Gasteiger partial charge in [0.25, 0.3) is 11.8 Å². The van der Waals surface area contributed by atoms with Gasteiger partial charge >= 0.3 is 0 Å². The van der Waals surface area contributed by atoms with E-state index in [4.69, 9.17) is 0 Å². The first kappa shape index (κ1) is 18.5. The topological polar surface area (TPSA) is 54.9 Å². The Labute approximate surface area is 151 Å². The first-order valence-corrected chi connectivity index (χ1v) is 7.82. The lowest BCUT2D eigenvalue weighted by molar-refractivity contribution is 0.0113. The largest absolute Gasteiger partial charge is 0.320 e. The smallest absolute Gasteiger partial charge is 0.289 e. The summed E-state index contributed by atoms with van der Waals surface area (Å²) in [7, 11) is 0. The number of carbonyl (C=O) groups excluding carboxylic acids is 1. The number of para-hydroxylation sites is 1. The zero-order valence-electron chi connectivity index (χ0n) is 14.0. The molecule has 8 heteroatoms. The number of rotatable bonds is 4. The van der Waals surface area contributed by atoms with Gasteiger partial charge in [-0.1, -0.05) is 24.3 Å². The van der Waals surface area contributed by atoms with Gasteiger partial charge in [0, 0.05) is 30.6 Å². The molecule has 1 aromatic heterocycles. The maximum absolute atomic E-state index is 13.7. The molecule has 3 rings (SSSR count). The van der Waals surface area contributed by atoms with E-state index >= 15 is 0 Å². The number of hydrogen-bond donors (Lipinski definition) is 1. The summed E-state index contributed by atoms with van der Waals surface area (Å²) in [6.07, 6.45) is 2.20. The third-order valence-electron chi connectivity index (χ3n) is 3.73. The molecule has 0 radical (unpaired) electrons. The van der Waals surface area contributed by atoms with E-state index in [2.05, 4.69) is 15.3 Å². The number of benzene rings is 2. The van der Waals surface area contributed by atoms with E-state index in [0.717, 1.165) is 24.5 Å². The average Bonchev–Trinajstić information content (AvgIpc) is 2.64. The highest BCUT2D eigenvalue weighted by Crippen LogP contribution is 2.31. The lowest BCUT2D eigenvalue weighted by Crippen LogP contribution is -2.22. The van der Waals surface area contributed by atoms with Crippen molar-refractivity contribution in [3.8, 4) is 11.1 Å². The van der Waals surface area contributed by atoms with Crippen molar-refractivity contribution in [2.75, 3.05) is 5.32 Å². The number of hydrogen-bond acceptors (Lipinski definition) is 3. The Bertz CT molecular complexity index is 1000. The van der Waals surface area contributed by atoms with Gasteiger partial charge in [0.15, 0.2) is 17.3 Å². The molecule has 0 aliphatic heterocycles. The lowest BCUT2D eigenvalue weighted by atomic mass is 10.0. The Balaban J connectivity index is 1.98. The Kier molecular flexibility index (Phi) is 4.89. The standard InChI is InChI=1S/C19H13F4N3O/c1-19(22,23)17-16(24-8-9-25-17)18(27)26-15-5-3-2-4-12(15)11-6-7-13(20)14(21)10-11/h2-10H,1H3,(H,26,27). The highest BCUT2D eigenvalue weighted by Gasteiger charge is 2.32. The molecule has 2 aromatic carbocycles. The summed E-state index contributed by atoms with van der Waals surface area (Å²) in [5.41, 5.74) is -0.356. The number of nitrogens with zero attached hydrogens (tertiary/aromatic N) is 2. The molecule has 0 spiro atoms. The third-order valence-corrected chi connectivity index (χ3v) is 3.73. The molecule has 1 N–H and O–H groups in total. The zero-order valence-corrected chi connectivity index (χ0v) is 14.0. The molecule has 3 aromatic rings. The molecule has 0 bridgehead atoms. The maximum atomic E-state index is 13.7. The Morgan fingerprint density at radius 1 is 1.00 bits per heavy atom. The molecule has 1 heterocycles. The molecule has 0 saturated heterocycles. The van der Waals surface area contributed by atoms with Crippen LogP contribution in [0.1, 0.15) is 23.1 Å². The maximum Gasteiger partial charge on any atom is 0.289 e. The number of halogens is 4. The van der Waals surface area contributed by atoms with Crippen molar-refractivity contribution in [3.05, 3.63) is 77.9 Å². The molecule has 0 saturated carbocycles.